The van der Waals surface area contributed by atoms with Crippen LogP contribution in [0, 0.1) is 5.92 Å². The van der Waals surface area contributed by atoms with E-state index in [1.54, 1.807) is 17.0 Å². The van der Waals surface area contributed by atoms with E-state index in [0.29, 0.717) is 18.0 Å². The number of benzene rings is 2. The minimum Gasteiger partial charge on any atom is -0.484 e. The molecule has 0 spiro atoms. The van der Waals surface area contributed by atoms with Crippen LogP contribution in [0.25, 0.3) is 0 Å². The summed E-state index contributed by atoms with van der Waals surface area (Å²) in [5, 5.41) is 2.89. The molecular weight excluding hydrogens is 340 g/mol. The highest BCUT2D eigenvalue weighted by molar-refractivity contribution is 5.95. The molecule has 5 heteroatoms. The van der Waals surface area contributed by atoms with Crippen LogP contribution in [0.5, 0.6) is 5.75 Å². The van der Waals surface area contributed by atoms with E-state index in [1.807, 2.05) is 42.5 Å². The van der Waals surface area contributed by atoms with Crippen molar-refractivity contribution in [1.29, 1.82) is 0 Å². The second-order valence-electron chi connectivity index (χ2n) is 6.81. The Morgan fingerprint density at radius 1 is 1.11 bits per heavy atom. The maximum Gasteiger partial charge on any atom is 0.264 e. The molecule has 0 saturated heterocycles. The minimum absolute atomic E-state index is 0.0430. The van der Waals surface area contributed by atoms with Crippen LogP contribution in [-0.4, -0.2) is 25.0 Å². The molecule has 2 amide bonds. The summed E-state index contributed by atoms with van der Waals surface area (Å²) in [6, 6.07) is 16.8. The van der Waals surface area contributed by atoms with Gasteiger partial charge in [-0.25, -0.2) is 0 Å². The number of nitrogens with zero attached hydrogens (tertiary/aromatic N) is 1. The van der Waals surface area contributed by atoms with Crippen LogP contribution in [0.15, 0.2) is 54.6 Å². The Balaban J connectivity index is 1.60. The lowest BCUT2D eigenvalue weighted by Crippen LogP contribution is -2.35. The third kappa shape index (κ3) is 5.58. The average Bonchev–Trinajstić information content (AvgIpc) is 3.53. The predicted octanol–water partition coefficient (Wildman–Crippen LogP) is 4.25. The lowest BCUT2D eigenvalue weighted by molar-refractivity contribution is -0.120. The van der Waals surface area contributed by atoms with Gasteiger partial charge in [0.2, 0.25) is 5.91 Å². The fraction of sp³-hybridized carbons (Fsp3) is 0.364. The number of hydrogen-bond donors (Lipinski definition) is 1. The summed E-state index contributed by atoms with van der Waals surface area (Å²) < 4.78 is 5.71. The van der Waals surface area contributed by atoms with Crippen LogP contribution in [-0.2, 0) is 9.59 Å². The van der Waals surface area contributed by atoms with Crippen molar-refractivity contribution in [2.24, 2.45) is 5.92 Å². The summed E-state index contributed by atoms with van der Waals surface area (Å²) in [6.07, 6.45) is 3.87. The highest BCUT2D eigenvalue weighted by atomic mass is 16.5. The van der Waals surface area contributed by atoms with E-state index in [-0.39, 0.29) is 24.3 Å². The van der Waals surface area contributed by atoms with E-state index in [9.17, 15) is 9.59 Å². The van der Waals surface area contributed by atoms with Gasteiger partial charge >= 0.3 is 0 Å². The number of hydrogen-bond acceptors (Lipinski definition) is 3. The SMILES string of the molecule is CCCCN(C(=O)COc1cccc(NC(=O)C2CC2)c1)c1ccccc1. The first-order chi connectivity index (χ1) is 13.2. The van der Waals surface area contributed by atoms with Crippen LogP contribution in [0.2, 0.25) is 0 Å². The van der Waals surface area contributed by atoms with Gasteiger partial charge in [-0.3, -0.25) is 9.59 Å². The summed E-state index contributed by atoms with van der Waals surface area (Å²) in [7, 11) is 0. The van der Waals surface area contributed by atoms with Gasteiger partial charge in [0, 0.05) is 29.9 Å². The van der Waals surface area contributed by atoms with Gasteiger partial charge in [0.05, 0.1) is 0 Å². The fourth-order valence-corrected chi connectivity index (χ4v) is 2.80. The van der Waals surface area contributed by atoms with Crippen molar-refractivity contribution in [3.63, 3.8) is 0 Å². The van der Waals surface area contributed by atoms with E-state index in [0.717, 1.165) is 31.4 Å². The number of amides is 2. The molecule has 1 N–H and O–H groups in total. The number of rotatable bonds is 9. The van der Waals surface area contributed by atoms with E-state index in [2.05, 4.69) is 12.2 Å². The summed E-state index contributed by atoms with van der Waals surface area (Å²) >= 11 is 0. The fourth-order valence-electron chi connectivity index (χ4n) is 2.80. The Kier molecular flexibility index (Phi) is 6.47. The van der Waals surface area contributed by atoms with Gasteiger partial charge in [-0.15, -0.1) is 0 Å². The Morgan fingerprint density at radius 3 is 2.59 bits per heavy atom. The molecule has 1 aliphatic rings. The Labute approximate surface area is 160 Å². The van der Waals surface area contributed by atoms with Crippen molar-refractivity contribution in [2.45, 2.75) is 32.6 Å². The van der Waals surface area contributed by atoms with Gasteiger partial charge in [0.1, 0.15) is 5.75 Å². The average molecular weight is 366 g/mol. The molecule has 0 aliphatic heterocycles. The van der Waals surface area contributed by atoms with Gasteiger partial charge in [0.25, 0.3) is 5.91 Å². The first kappa shape index (κ1) is 19.0. The van der Waals surface area contributed by atoms with Gasteiger partial charge in [0.15, 0.2) is 6.61 Å². The molecular formula is C22H26N2O3. The molecule has 0 atom stereocenters. The number of para-hydroxylation sites is 1. The van der Waals surface area contributed by atoms with Crippen LogP contribution < -0.4 is 15.0 Å². The number of carbonyl (C=O) groups excluding carboxylic acids is 2. The molecule has 1 aliphatic carbocycles. The third-order valence-electron chi connectivity index (χ3n) is 4.52. The molecule has 0 bridgehead atoms. The number of carbonyl (C=O) groups is 2. The van der Waals surface area contributed by atoms with Crippen molar-refractivity contribution in [1.82, 2.24) is 0 Å². The Bertz CT molecular complexity index is 772. The van der Waals surface area contributed by atoms with Crippen molar-refractivity contribution in [3.05, 3.63) is 54.6 Å². The van der Waals surface area contributed by atoms with Crippen LogP contribution >= 0.6 is 0 Å². The second kappa shape index (κ2) is 9.21. The summed E-state index contributed by atoms with van der Waals surface area (Å²) in [5.74, 6) is 0.690. The minimum atomic E-state index is -0.0814. The largest absolute Gasteiger partial charge is 0.484 e. The van der Waals surface area contributed by atoms with Gasteiger partial charge < -0.3 is 15.0 Å². The van der Waals surface area contributed by atoms with Gasteiger partial charge in [-0.05, 0) is 43.5 Å². The van der Waals surface area contributed by atoms with E-state index in [4.69, 9.17) is 4.74 Å². The first-order valence-electron chi connectivity index (χ1n) is 9.56. The molecule has 0 aromatic heterocycles. The van der Waals surface area contributed by atoms with Crippen molar-refractivity contribution >= 4 is 23.2 Å². The molecule has 3 rings (SSSR count). The highest BCUT2D eigenvalue weighted by Crippen LogP contribution is 2.30. The number of unbranched alkanes of at least 4 members (excludes halogenated alkanes) is 1. The molecule has 27 heavy (non-hydrogen) atoms. The molecule has 2 aromatic rings. The van der Waals surface area contributed by atoms with Crippen molar-refractivity contribution < 1.29 is 14.3 Å². The zero-order valence-electron chi connectivity index (χ0n) is 15.7. The summed E-state index contributed by atoms with van der Waals surface area (Å²) in [4.78, 5) is 26.4. The summed E-state index contributed by atoms with van der Waals surface area (Å²) in [6.45, 7) is 2.73. The molecule has 142 valence electrons. The second-order valence-corrected chi connectivity index (χ2v) is 6.81. The third-order valence-corrected chi connectivity index (χ3v) is 4.52. The van der Waals surface area contributed by atoms with E-state index < -0.39 is 0 Å². The first-order valence-corrected chi connectivity index (χ1v) is 9.56. The maximum atomic E-state index is 12.7. The zero-order valence-corrected chi connectivity index (χ0v) is 15.7. The smallest absolute Gasteiger partial charge is 0.264 e. The molecule has 0 heterocycles. The molecule has 5 nitrogen and oxygen atoms in total. The molecule has 0 unspecified atom stereocenters. The predicted molar refractivity (Wildman–Crippen MR) is 107 cm³/mol. The number of ether oxygens (including phenoxy) is 1. The summed E-state index contributed by atoms with van der Waals surface area (Å²) in [5.41, 5.74) is 1.58. The molecule has 1 fully saturated rings. The maximum absolute atomic E-state index is 12.7. The molecule has 1 saturated carbocycles. The quantitative estimate of drug-likeness (QED) is 0.722. The zero-order chi connectivity index (χ0) is 19.1. The number of anilines is 2. The van der Waals surface area contributed by atoms with Crippen molar-refractivity contribution in [2.75, 3.05) is 23.4 Å². The van der Waals surface area contributed by atoms with E-state index >= 15 is 0 Å². The Hall–Kier alpha value is -2.82. The molecule has 2 aromatic carbocycles. The highest BCUT2D eigenvalue weighted by Gasteiger charge is 2.29. The Morgan fingerprint density at radius 2 is 1.89 bits per heavy atom. The number of nitrogens with one attached hydrogen (secondary N) is 1. The van der Waals surface area contributed by atoms with Crippen LogP contribution in [0.1, 0.15) is 32.6 Å². The van der Waals surface area contributed by atoms with Gasteiger partial charge in [-0.1, -0.05) is 37.6 Å². The van der Waals surface area contributed by atoms with E-state index in [1.165, 1.54) is 0 Å². The topological polar surface area (TPSA) is 58.6 Å². The normalized spacial score (nSPS) is 13.1. The van der Waals surface area contributed by atoms with Gasteiger partial charge in [-0.2, -0.15) is 0 Å². The molecule has 0 radical (unpaired) electrons. The van der Waals surface area contributed by atoms with Crippen molar-refractivity contribution in [3.8, 4) is 5.75 Å². The lowest BCUT2D eigenvalue weighted by Gasteiger charge is -2.23. The standard InChI is InChI=1S/C22H26N2O3/c1-2-3-14-24(19-9-5-4-6-10-19)21(25)16-27-20-11-7-8-18(15-20)23-22(26)17-12-13-17/h4-11,15,17H,2-3,12-14,16H2,1H3,(H,23,26). The lowest BCUT2D eigenvalue weighted by atomic mass is 10.2. The monoisotopic (exact) mass is 366 g/mol. The van der Waals surface area contributed by atoms with Crippen LogP contribution in [0.3, 0.4) is 0 Å². The van der Waals surface area contributed by atoms with Crippen LogP contribution in [0.4, 0.5) is 11.4 Å².